The molecule has 0 spiro atoms. The van der Waals surface area contributed by atoms with E-state index in [1.807, 2.05) is 19.9 Å². The van der Waals surface area contributed by atoms with Gasteiger partial charge in [0.25, 0.3) is 5.91 Å². The van der Waals surface area contributed by atoms with Crippen molar-refractivity contribution in [2.45, 2.75) is 32.7 Å². The van der Waals surface area contributed by atoms with E-state index in [1.54, 1.807) is 11.6 Å². The molecule has 0 radical (unpaired) electrons. The van der Waals surface area contributed by atoms with Crippen molar-refractivity contribution >= 4 is 28.3 Å². The second-order valence-electron chi connectivity index (χ2n) is 5.45. The minimum atomic E-state index is -0.278. The Kier molecular flexibility index (Phi) is 3.98. The smallest absolute Gasteiger partial charge is 0.253 e. The molecule has 2 amide bonds. The van der Waals surface area contributed by atoms with Crippen LogP contribution in [0.5, 0.6) is 0 Å². The van der Waals surface area contributed by atoms with Gasteiger partial charge >= 0.3 is 0 Å². The van der Waals surface area contributed by atoms with Gasteiger partial charge in [-0.3, -0.25) is 9.59 Å². The zero-order valence-corrected chi connectivity index (χ0v) is 13.4. The molecule has 0 bridgehead atoms. The van der Waals surface area contributed by atoms with E-state index in [0.29, 0.717) is 16.7 Å². The van der Waals surface area contributed by atoms with E-state index < -0.39 is 0 Å². The van der Waals surface area contributed by atoms with Gasteiger partial charge in [0.15, 0.2) is 5.13 Å². The van der Waals surface area contributed by atoms with Crippen LogP contribution in [0.25, 0.3) is 0 Å². The van der Waals surface area contributed by atoms with Crippen molar-refractivity contribution in [3.63, 3.8) is 0 Å². The summed E-state index contributed by atoms with van der Waals surface area (Å²) in [5, 5.41) is 7.61. The number of hydrogen-bond acceptors (Lipinski definition) is 4. The van der Waals surface area contributed by atoms with Gasteiger partial charge in [0.1, 0.15) is 0 Å². The summed E-state index contributed by atoms with van der Waals surface area (Å²) in [7, 11) is 0. The lowest BCUT2D eigenvalue weighted by molar-refractivity contribution is -0.115. The molecule has 2 N–H and O–H groups in total. The summed E-state index contributed by atoms with van der Waals surface area (Å²) in [6.45, 7) is 3.90. The molecule has 2 aromatic heterocycles. The Morgan fingerprint density at radius 2 is 2.18 bits per heavy atom. The first-order valence-electron chi connectivity index (χ1n) is 7.22. The molecule has 3 rings (SSSR count). The number of nitrogens with zero attached hydrogens (tertiary/aromatic N) is 2. The Morgan fingerprint density at radius 1 is 1.41 bits per heavy atom. The zero-order valence-electron chi connectivity index (χ0n) is 12.5. The van der Waals surface area contributed by atoms with Crippen LogP contribution in [0.4, 0.5) is 5.13 Å². The summed E-state index contributed by atoms with van der Waals surface area (Å²) in [4.78, 5) is 28.0. The fourth-order valence-electron chi connectivity index (χ4n) is 2.61. The highest BCUT2D eigenvalue weighted by atomic mass is 32.1. The highest BCUT2D eigenvalue weighted by Crippen LogP contribution is 2.38. The minimum Gasteiger partial charge on any atom is -0.345 e. The number of hydrogen-bond donors (Lipinski definition) is 2. The molecule has 6 nitrogen and oxygen atoms in total. The Balaban J connectivity index is 1.60. The van der Waals surface area contributed by atoms with Crippen molar-refractivity contribution < 1.29 is 9.59 Å². The summed E-state index contributed by atoms with van der Waals surface area (Å²) >= 11 is 1.34. The number of carbonyl (C=O) groups is 2. The monoisotopic (exact) mass is 318 g/mol. The lowest BCUT2D eigenvalue weighted by Gasteiger charge is -2.08. The Hall–Kier alpha value is -2.15. The highest BCUT2D eigenvalue weighted by molar-refractivity contribution is 7.13. The number of aryl methyl sites for hydroxylation is 1. The van der Waals surface area contributed by atoms with Crippen molar-refractivity contribution in [2.24, 2.45) is 0 Å². The quantitative estimate of drug-likeness (QED) is 0.888. The predicted octanol–water partition coefficient (Wildman–Crippen LogP) is 2.26. The van der Waals surface area contributed by atoms with Gasteiger partial charge in [0, 0.05) is 29.0 Å². The Morgan fingerprint density at radius 3 is 2.82 bits per heavy atom. The molecule has 1 fully saturated rings. The summed E-state index contributed by atoms with van der Waals surface area (Å²) in [6, 6.07) is 2.43. The van der Waals surface area contributed by atoms with Crippen LogP contribution in [-0.2, 0) is 4.79 Å². The molecule has 0 aliphatic heterocycles. The fourth-order valence-corrected chi connectivity index (χ4v) is 3.15. The average Bonchev–Trinajstić information content (AvgIpc) is 3.09. The van der Waals surface area contributed by atoms with E-state index in [-0.39, 0.29) is 18.4 Å². The maximum Gasteiger partial charge on any atom is 0.253 e. The molecule has 116 valence electrons. The van der Waals surface area contributed by atoms with Crippen LogP contribution in [0.1, 0.15) is 40.6 Å². The largest absolute Gasteiger partial charge is 0.345 e. The van der Waals surface area contributed by atoms with Gasteiger partial charge in [-0.2, -0.15) is 0 Å². The summed E-state index contributed by atoms with van der Waals surface area (Å²) in [6.07, 6.45) is 3.97. The average molecular weight is 318 g/mol. The topological polar surface area (TPSA) is 76.0 Å². The van der Waals surface area contributed by atoms with Crippen molar-refractivity contribution in [2.75, 3.05) is 11.9 Å². The predicted molar refractivity (Wildman–Crippen MR) is 85.3 cm³/mol. The normalized spacial score (nSPS) is 13.9. The van der Waals surface area contributed by atoms with E-state index in [4.69, 9.17) is 0 Å². The van der Waals surface area contributed by atoms with Crippen LogP contribution in [0.3, 0.4) is 0 Å². The van der Waals surface area contributed by atoms with Crippen molar-refractivity contribution in [3.8, 4) is 0 Å². The van der Waals surface area contributed by atoms with E-state index >= 15 is 0 Å². The molecular weight excluding hydrogens is 300 g/mol. The summed E-state index contributed by atoms with van der Waals surface area (Å²) < 4.78 is 2.21. The maximum absolute atomic E-state index is 12.3. The molecule has 2 heterocycles. The van der Waals surface area contributed by atoms with Crippen molar-refractivity contribution in [1.29, 1.82) is 0 Å². The molecule has 0 aromatic carbocycles. The highest BCUT2D eigenvalue weighted by Gasteiger charge is 2.28. The number of anilines is 1. The van der Waals surface area contributed by atoms with Crippen LogP contribution in [0.2, 0.25) is 0 Å². The van der Waals surface area contributed by atoms with E-state index in [9.17, 15) is 9.59 Å². The Bertz CT molecular complexity index is 701. The Labute approximate surface area is 132 Å². The minimum absolute atomic E-state index is 0.0640. The van der Waals surface area contributed by atoms with Crippen molar-refractivity contribution in [3.05, 3.63) is 34.6 Å². The second kappa shape index (κ2) is 5.92. The number of carbonyl (C=O) groups excluding carboxylic acids is 2. The van der Waals surface area contributed by atoms with E-state index in [1.165, 1.54) is 24.2 Å². The molecule has 1 saturated carbocycles. The molecular formula is C15H18N4O2S. The number of aromatic nitrogens is 2. The van der Waals surface area contributed by atoms with Crippen molar-refractivity contribution in [1.82, 2.24) is 14.9 Å². The zero-order chi connectivity index (χ0) is 15.7. The van der Waals surface area contributed by atoms with E-state index in [0.717, 1.165) is 11.4 Å². The first-order chi connectivity index (χ1) is 10.6. The third kappa shape index (κ3) is 3.04. The van der Waals surface area contributed by atoms with E-state index in [2.05, 4.69) is 20.2 Å². The summed E-state index contributed by atoms with van der Waals surface area (Å²) in [5.41, 5.74) is 2.71. The lowest BCUT2D eigenvalue weighted by atomic mass is 10.2. The van der Waals surface area contributed by atoms with Crippen LogP contribution in [-0.4, -0.2) is 27.9 Å². The summed E-state index contributed by atoms with van der Waals surface area (Å²) in [5.74, 6) is -0.492. The van der Waals surface area contributed by atoms with Gasteiger partial charge in [0.2, 0.25) is 5.91 Å². The number of thiazole rings is 1. The SMILES string of the molecule is Cc1cc(C(=O)NCC(=O)Nc2nccs2)c(C)n1C1CC1. The van der Waals surface area contributed by atoms with Gasteiger partial charge in [-0.15, -0.1) is 11.3 Å². The van der Waals surface area contributed by atoms with Gasteiger partial charge in [-0.05, 0) is 32.8 Å². The molecule has 7 heteroatoms. The lowest BCUT2D eigenvalue weighted by Crippen LogP contribution is -2.33. The third-order valence-electron chi connectivity index (χ3n) is 3.73. The first kappa shape index (κ1) is 14.8. The molecule has 1 aliphatic rings. The molecule has 2 aromatic rings. The van der Waals surface area contributed by atoms with Crippen LogP contribution in [0.15, 0.2) is 17.6 Å². The van der Waals surface area contributed by atoms with Gasteiger partial charge in [0.05, 0.1) is 12.1 Å². The maximum atomic E-state index is 12.3. The number of amides is 2. The standard InChI is InChI=1S/C15H18N4O2S/c1-9-7-12(10(2)19(9)11-3-4-11)14(21)17-8-13(20)18-15-16-5-6-22-15/h5-7,11H,3-4,8H2,1-2H3,(H,17,21)(H,16,18,20). The molecule has 22 heavy (non-hydrogen) atoms. The fraction of sp³-hybridized carbons (Fsp3) is 0.400. The van der Waals surface area contributed by atoms with Gasteiger partial charge < -0.3 is 15.2 Å². The number of rotatable bonds is 5. The van der Waals surface area contributed by atoms with Crippen LogP contribution >= 0.6 is 11.3 Å². The molecule has 0 atom stereocenters. The third-order valence-corrected chi connectivity index (χ3v) is 4.42. The second-order valence-corrected chi connectivity index (χ2v) is 6.35. The van der Waals surface area contributed by atoms with Gasteiger partial charge in [-0.1, -0.05) is 0 Å². The molecule has 0 saturated heterocycles. The molecule has 1 aliphatic carbocycles. The van der Waals surface area contributed by atoms with Crippen LogP contribution in [0, 0.1) is 13.8 Å². The van der Waals surface area contributed by atoms with Gasteiger partial charge in [-0.25, -0.2) is 4.98 Å². The number of nitrogens with one attached hydrogen (secondary N) is 2. The molecule has 0 unspecified atom stereocenters. The first-order valence-corrected chi connectivity index (χ1v) is 8.10. The van der Waals surface area contributed by atoms with Crippen LogP contribution < -0.4 is 10.6 Å².